The van der Waals surface area contributed by atoms with Gasteiger partial charge in [0.15, 0.2) is 0 Å². The molecule has 2 atom stereocenters. The molecule has 2 aliphatic rings. The van der Waals surface area contributed by atoms with Gasteiger partial charge in [-0.3, -0.25) is 4.79 Å². The van der Waals surface area contributed by atoms with Crippen molar-refractivity contribution in [2.24, 2.45) is 5.41 Å². The standard InChI is InChI=1S/C12H20O2/c1-14-10-5-2-3-7-12(9-10)8-4-6-11(12)13/h10H,2-9H2,1H3/t10-,12+/m1/s1. The summed E-state index contributed by atoms with van der Waals surface area (Å²) in [6, 6.07) is 0. The Morgan fingerprint density at radius 1 is 1.29 bits per heavy atom. The minimum atomic E-state index is 0.0250. The number of methoxy groups -OCH3 is 1. The van der Waals surface area contributed by atoms with Gasteiger partial charge in [0.25, 0.3) is 0 Å². The van der Waals surface area contributed by atoms with Crippen molar-refractivity contribution < 1.29 is 9.53 Å². The van der Waals surface area contributed by atoms with E-state index >= 15 is 0 Å². The fraction of sp³-hybridized carbons (Fsp3) is 0.917. The van der Waals surface area contributed by atoms with Crippen molar-refractivity contribution in [3.63, 3.8) is 0 Å². The van der Waals surface area contributed by atoms with E-state index in [0.29, 0.717) is 11.9 Å². The number of hydrogen-bond acceptors (Lipinski definition) is 2. The lowest BCUT2D eigenvalue weighted by Gasteiger charge is -2.28. The number of hydrogen-bond donors (Lipinski definition) is 0. The van der Waals surface area contributed by atoms with E-state index in [0.717, 1.165) is 38.5 Å². The highest BCUT2D eigenvalue weighted by atomic mass is 16.5. The summed E-state index contributed by atoms with van der Waals surface area (Å²) in [6.45, 7) is 0. The maximum Gasteiger partial charge on any atom is 0.139 e. The van der Waals surface area contributed by atoms with E-state index < -0.39 is 0 Å². The minimum absolute atomic E-state index is 0.0250. The van der Waals surface area contributed by atoms with E-state index in [4.69, 9.17) is 4.74 Å². The fourth-order valence-electron chi connectivity index (χ4n) is 3.15. The Kier molecular flexibility index (Phi) is 2.91. The summed E-state index contributed by atoms with van der Waals surface area (Å²) in [5.41, 5.74) is 0.0250. The van der Waals surface area contributed by atoms with Crippen LogP contribution < -0.4 is 0 Å². The Morgan fingerprint density at radius 3 is 2.71 bits per heavy atom. The highest BCUT2D eigenvalue weighted by Gasteiger charge is 2.43. The molecule has 0 N–H and O–H groups in total. The quantitative estimate of drug-likeness (QED) is 0.644. The normalized spacial score (nSPS) is 38.9. The van der Waals surface area contributed by atoms with Gasteiger partial charge in [-0.15, -0.1) is 0 Å². The van der Waals surface area contributed by atoms with Crippen LogP contribution in [-0.4, -0.2) is 19.0 Å². The van der Waals surface area contributed by atoms with Crippen molar-refractivity contribution >= 4 is 5.78 Å². The third-order valence-electron chi connectivity index (χ3n) is 4.03. The lowest BCUT2D eigenvalue weighted by molar-refractivity contribution is -0.127. The number of Topliss-reactive ketones (excluding diaryl/α,β-unsaturated/α-hetero) is 1. The van der Waals surface area contributed by atoms with Gasteiger partial charge >= 0.3 is 0 Å². The highest BCUT2D eigenvalue weighted by Crippen LogP contribution is 2.45. The lowest BCUT2D eigenvalue weighted by Crippen LogP contribution is -2.29. The van der Waals surface area contributed by atoms with Crippen LogP contribution in [0.25, 0.3) is 0 Å². The topological polar surface area (TPSA) is 26.3 Å². The van der Waals surface area contributed by atoms with Crippen LogP contribution in [0.3, 0.4) is 0 Å². The van der Waals surface area contributed by atoms with Crippen LogP contribution >= 0.6 is 0 Å². The molecule has 2 heteroatoms. The predicted molar refractivity (Wildman–Crippen MR) is 55.2 cm³/mol. The minimum Gasteiger partial charge on any atom is -0.381 e. The van der Waals surface area contributed by atoms with Crippen molar-refractivity contribution in [2.75, 3.05) is 7.11 Å². The molecule has 0 amide bonds. The fourth-order valence-corrected chi connectivity index (χ4v) is 3.15. The first kappa shape index (κ1) is 10.2. The van der Waals surface area contributed by atoms with Crippen LogP contribution in [0.15, 0.2) is 0 Å². The molecular formula is C12H20O2. The molecule has 0 bridgehead atoms. The summed E-state index contributed by atoms with van der Waals surface area (Å²) >= 11 is 0. The monoisotopic (exact) mass is 196 g/mol. The van der Waals surface area contributed by atoms with Crippen LogP contribution in [0.4, 0.5) is 0 Å². The summed E-state index contributed by atoms with van der Waals surface area (Å²) in [7, 11) is 1.78. The summed E-state index contributed by atoms with van der Waals surface area (Å²) in [5.74, 6) is 0.515. The molecule has 14 heavy (non-hydrogen) atoms. The molecule has 80 valence electrons. The third kappa shape index (κ3) is 1.72. The second kappa shape index (κ2) is 4.01. The van der Waals surface area contributed by atoms with Crippen molar-refractivity contribution in [3.05, 3.63) is 0 Å². The predicted octanol–water partition coefficient (Wildman–Crippen LogP) is 2.70. The van der Waals surface area contributed by atoms with Crippen molar-refractivity contribution in [1.82, 2.24) is 0 Å². The average Bonchev–Trinajstić information content (AvgIpc) is 2.43. The van der Waals surface area contributed by atoms with E-state index in [-0.39, 0.29) is 5.41 Å². The van der Waals surface area contributed by atoms with E-state index in [1.165, 1.54) is 12.8 Å². The number of carbonyl (C=O) groups is 1. The zero-order chi connectivity index (χ0) is 10.0. The molecular weight excluding hydrogens is 176 g/mol. The molecule has 0 heterocycles. The Labute approximate surface area is 86.0 Å². The molecule has 2 fully saturated rings. The molecule has 0 aromatic carbocycles. The van der Waals surface area contributed by atoms with Crippen molar-refractivity contribution in [2.45, 2.75) is 57.5 Å². The molecule has 1 spiro atoms. The smallest absolute Gasteiger partial charge is 0.139 e. The summed E-state index contributed by atoms with van der Waals surface area (Å²) in [4.78, 5) is 11.9. The number of carbonyl (C=O) groups excluding carboxylic acids is 1. The molecule has 0 aliphatic heterocycles. The second-order valence-corrected chi connectivity index (χ2v) is 4.86. The average molecular weight is 196 g/mol. The maximum atomic E-state index is 11.9. The molecule has 0 saturated heterocycles. The van der Waals surface area contributed by atoms with Crippen LogP contribution in [0.2, 0.25) is 0 Å². The number of ether oxygens (including phenoxy) is 1. The molecule has 0 aromatic heterocycles. The van der Waals surface area contributed by atoms with E-state index in [1.807, 2.05) is 0 Å². The summed E-state index contributed by atoms with van der Waals surface area (Å²) < 4.78 is 5.45. The van der Waals surface area contributed by atoms with Gasteiger partial charge < -0.3 is 4.74 Å². The maximum absolute atomic E-state index is 11.9. The van der Waals surface area contributed by atoms with Gasteiger partial charge in [-0.1, -0.05) is 12.8 Å². The SMILES string of the molecule is CO[C@@H]1CCCC[C@]2(CCCC2=O)C1. The largest absolute Gasteiger partial charge is 0.381 e. The van der Waals surface area contributed by atoms with Crippen LogP contribution in [-0.2, 0) is 9.53 Å². The van der Waals surface area contributed by atoms with Gasteiger partial charge in [-0.25, -0.2) is 0 Å². The summed E-state index contributed by atoms with van der Waals surface area (Å²) in [6.07, 6.45) is 9.07. The van der Waals surface area contributed by atoms with Crippen molar-refractivity contribution in [1.29, 1.82) is 0 Å². The molecule has 2 rings (SSSR count). The van der Waals surface area contributed by atoms with E-state index in [1.54, 1.807) is 7.11 Å². The first-order valence-electron chi connectivity index (χ1n) is 5.83. The van der Waals surface area contributed by atoms with Gasteiger partial charge in [0.1, 0.15) is 5.78 Å². The molecule has 2 saturated carbocycles. The Balaban J connectivity index is 2.12. The first-order chi connectivity index (χ1) is 6.77. The summed E-state index contributed by atoms with van der Waals surface area (Å²) in [5, 5.41) is 0. The third-order valence-corrected chi connectivity index (χ3v) is 4.03. The van der Waals surface area contributed by atoms with Gasteiger partial charge in [0, 0.05) is 18.9 Å². The molecule has 2 nitrogen and oxygen atoms in total. The van der Waals surface area contributed by atoms with Gasteiger partial charge in [-0.05, 0) is 32.1 Å². The van der Waals surface area contributed by atoms with Crippen LogP contribution in [0, 0.1) is 5.41 Å². The Hall–Kier alpha value is -0.370. The highest BCUT2D eigenvalue weighted by molar-refractivity contribution is 5.86. The van der Waals surface area contributed by atoms with Crippen LogP contribution in [0.5, 0.6) is 0 Å². The molecule has 0 unspecified atom stereocenters. The number of ketones is 1. The Morgan fingerprint density at radius 2 is 2.07 bits per heavy atom. The number of rotatable bonds is 1. The lowest BCUT2D eigenvalue weighted by atomic mass is 9.77. The molecule has 0 aromatic rings. The zero-order valence-electron chi connectivity index (χ0n) is 9.05. The zero-order valence-corrected chi connectivity index (χ0v) is 9.05. The van der Waals surface area contributed by atoms with Gasteiger partial charge in [0.2, 0.25) is 0 Å². The van der Waals surface area contributed by atoms with Crippen LogP contribution in [0.1, 0.15) is 51.4 Å². The van der Waals surface area contributed by atoms with Gasteiger partial charge in [-0.2, -0.15) is 0 Å². The van der Waals surface area contributed by atoms with E-state index in [2.05, 4.69) is 0 Å². The molecule has 2 aliphatic carbocycles. The Bertz CT molecular complexity index is 224. The first-order valence-corrected chi connectivity index (χ1v) is 5.83. The van der Waals surface area contributed by atoms with Crippen molar-refractivity contribution in [3.8, 4) is 0 Å². The van der Waals surface area contributed by atoms with Gasteiger partial charge in [0.05, 0.1) is 6.10 Å². The van der Waals surface area contributed by atoms with E-state index in [9.17, 15) is 4.79 Å². The molecule has 0 radical (unpaired) electrons. The second-order valence-electron chi connectivity index (χ2n) is 4.86.